The number of aromatic amines is 1. The Morgan fingerprint density at radius 3 is 2.47 bits per heavy atom. The summed E-state index contributed by atoms with van der Waals surface area (Å²) in [6.07, 6.45) is 0.597. The highest BCUT2D eigenvalue weighted by atomic mass is 16.1. The molecule has 0 bridgehead atoms. The van der Waals surface area contributed by atoms with Crippen LogP contribution in [0.15, 0.2) is 24.3 Å². The lowest BCUT2D eigenvalue weighted by atomic mass is 9.96. The Morgan fingerprint density at radius 1 is 1.21 bits per heavy atom. The number of carbonyl (C=O) groups is 1. The van der Waals surface area contributed by atoms with Gasteiger partial charge in [-0.1, -0.05) is 24.3 Å². The number of hydrogen-bond acceptors (Lipinski definition) is 2. The minimum atomic E-state index is 0.146. The van der Waals surface area contributed by atoms with E-state index in [9.17, 15) is 4.79 Å². The maximum absolute atomic E-state index is 11.2. The molecule has 1 aliphatic rings. The minimum Gasteiger partial charge on any atom is -0.355 e. The van der Waals surface area contributed by atoms with Crippen molar-refractivity contribution >= 4 is 5.91 Å². The van der Waals surface area contributed by atoms with Gasteiger partial charge in [0, 0.05) is 30.1 Å². The van der Waals surface area contributed by atoms with Crippen LogP contribution in [0.25, 0.3) is 11.3 Å². The molecule has 0 spiro atoms. The summed E-state index contributed by atoms with van der Waals surface area (Å²) in [5, 5.41) is 2.87. The van der Waals surface area contributed by atoms with Crippen molar-refractivity contribution in [3.05, 3.63) is 41.3 Å². The summed E-state index contributed by atoms with van der Waals surface area (Å²) in [5.74, 6) is 1.39. The zero-order valence-electron chi connectivity index (χ0n) is 11.2. The van der Waals surface area contributed by atoms with Crippen LogP contribution in [0, 0.1) is 13.8 Å². The summed E-state index contributed by atoms with van der Waals surface area (Å²) >= 11 is 0. The summed E-state index contributed by atoms with van der Waals surface area (Å²) in [6, 6.07) is 8.37. The number of H-pyrrole nitrogens is 1. The van der Waals surface area contributed by atoms with Crippen LogP contribution in [0.5, 0.6) is 0 Å². The van der Waals surface area contributed by atoms with Gasteiger partial charge in [0.15, 0.2) is 0 Å². The first kappa shape index (κ1) is 12.0. The lowest BCUT2D eigenvalue weighted by Crippen LogP contribution is -2.13. The van der Waals surface area contributed by atoms with Crippen LogP contribution >= 0.6 is 0 Å². The zero-order chi connectivity index (χ0) is 13.4. The quantitative estimate of drug-likeness (QED) is 0.865. The Labute approximate surface area is 112 Å². The molecule has 19 heavy (non-hydrogen) atoms. The second-order valence-corrected chi connectivity index (χ2v) is 5.12. The molecule has 1 aromatic carbocycles. The number of aryl methyl sites for hydroxylation is 2. The fourth-order valence-corrected chi connectivity index (χ4v) is 2.65. The molecule has 1 aliphatic heterocycles. The first-order valence-electron chi connectivity index (χ1n) is 6.53. The molecule has 1 fully saturated rings. The number of nitrogens with zero attached hydrogens (tertiary/aromatic N) is 1. The molecule has 4 nitrogen and oxygen atoms in total. The lowest BCUT2D eigenvalue weighted by molar-refractivity contribution is -0.119. The topological polar surface area (TPSA) is 57.8 Å². The van der Waals surface area contributed by atoms with E-state index in [-0.39, 0.29) is 5.91 Å². The molecule has 1 atom stereocenters. The number of hydrogen-bond donors (Lipinski definition) is 2. The van der Waals surface area contributed by atoms with Crippen molar-refractivity contribution in [3.8, 4) is 11.3 Å². The average molecular weight is 255 g/mol. The van der Waals surface area contributed by atoms with Crippen LogP contribution in [0.3, 0.4) is 0 Å². The van der Waals surface area contributed by atoms with E-state index >= 15 is 0 Å². The number of rotatable bonds is 2. The molecule has 4 heteroatoms. The zero-order valence-corrected chi connectivity index (χ0v) is 11.2. The number of benzene rings is 1. The number of amides is 1. The van der Waals surface area contributed by atoms with Crippen molar-refractivity contribution in [3.63, 3.8) is 0 Å². The van der Waals surface area contributed by atoms with E-state index in [4.69, 9.17) is 0 Å². The number of nitrogens with one attached hydrogen (secondary N) is 2. The normalized spacial score (nSPS) is 18.6. The molecule has 2 aromatic rings. The van der Waals surface area contributed by atoms with Crippen molar-refractivity contribution in [2.24, 2.45) is 0 Å². The maximum atomic E-state index is 11.2. The van der Waals surface area contributed by atoms with E-state index in [2.05, 4.69) is 39.6 Å². The largest absolute Gasteiger partial charge is 0.355 e. The predicted octanol–water partition coefficient (Wildman–Crippen LogP) is 2.30. The fraction of sp³-hybridized carbons (Fsp3) is 0.333. The van der Waals surface area contributed by atoms with E-state index in [1.807, 2.05) is 13.8 Å². The molecular weight excluding hydrogens is 238 g/mol. The number of aromatic nitrogens is 2. The van der Waals surface area contributed by atoms with E-state index in [1.54, 1.807) is 0 Å². The Morgan fingerprint density at radius 2 is 1.95 bits per heavy atom. The Hall–Kier alpha value is -2.10. The van der Waals surface area contributed by atoms with Gasteiger partial charge in [-0.25, -0.2) is 4.98 Å². The van der Waals surface area contributed by atoms with Gasteiger partial charge in [0.2, 0.25) is 5.91 Å². The SMILES string of the molecule is Cc1nc(-c2ccc(C3CNC(=O)C3)cc2)c(C)[nH]1. The van der Waals surface area contributed by atoms with Gasteiger partial charge in [-0.15, -0.1) is 0 Å². The highest BCUT2D eigenvalue weighted by molar-refractivity contribution is 5.79. The third-order valence-electron chi connectivity index (χ3n) is 3.64. The van der Waals surface area contributed by atoms with E-state index in [0.717, 1.165) is 29.3 Å². The smallest absolute Gasteiger partial charge is 0.220 e. The van der Waals surface area contributed by atoms with Crippen molar-refractivity contribution in [1.82, 2.24) is 15.3 Å². The van der Waals surface area contributed by atoms with Gasteiger partial charge in [0.1, 0.15) is 5.82 Å². The van der Waals surface area contributed by atoms with E-state index < -0.39 is 0 Å². The molecule has 0 saturated carbocycles. The molecule has 2 N–H and O–H groups in total. The summed E-state index contributed by atoms with van der Waals surface area (Å²) in [5.41, 5.74) is 4.42. The summed E-state index contributed by atoms with van der Waals surface area (Å²) in [4.78, 5) is 19.0. The van der Waals surface area contributed by atoms with Crippen LogP contribution in [0.2, 0.25) is 0 Å². The minimum absolute atomic E-state index is 0.146. The predicted molar refractivity (Wildman–Crippen MR) is 73.9 cm³/mol. The molecular formula is C15H17N3O. The first-order valence-corrected chi connectivity index (χ1v) is 6.53. The molecule has 1 unspecified atom stereocenters. The van der Waals surface area contributed by atoms with Gasteiger partial charge in [-0.2, -0.15) is 0 Å². The Balaban J connectivity index is 1.86. The monoisotopic (exact) mass is 255 g/mol. The van der Waals surface area contributed by atoms with Crippen LogP contribution in [0.1, 0.15) is 29.4 Å². The van der Waals surface area contributed by atoms with Crippen LogP contribution < -0.4 is 5.32 Å². The van der Waals surface area contributed by atoms with Crippen molar-refractivity contribution in [1.29, 1.82) is 0 Å². The number of carbonyl (C=O) groups excluding carboxylic acids is 1. The first-order chi connectivity index (χ1) is 9.13. The van der Waals surface area contributed by atoms with Crippen molar-refractivity contribution in [2.75, 3.05) is 6.54 Å². The van der Waals surface area contributed by atoms with Crippen LogP contribution in [-0.4, -0.2) is 22.4 Å². The molecule has 0 aliphatic carbocycles. The van der Waals surface area contributed by atoms with Crippen LogP contribution in [-0.2, 0) is 4.79 Å². The van der Waals surface area contributed by atoms with E-state index in [1.165, 1.54) is 5.56 Å². The second kappa shape index (κ2) is 4.53. The van der Waals surface area contributed by atoms with Crippen molar-refractivity contribution in [2.45, 2.75) is 26.2 Å². The maximum Gasteiger partial charge on any atom is 0.220 e. The Bertz CT molecular complexity index is 613. The molecule has 2 heterocycles. The van der Waals surface area contributed by atoms with Gasteiger partial charge < -0.3 is 10.3 Å². The van der Waals surface area contributed by atoms with E-state index in [0.29, 0.717) is 12.3 Å². The molecule has 1 aromatic heterocycles. The molecule has 0 radical (unpaired) electrons. The molecule has 98 valence electrons. The van der Waals surface area contributed by atoms with Gasteiger partial charge in [0.25, 0.3) is 0 Å². The fourth-order valence-electron chi connectivity index (χ4n) is 2.65. The van der Waals surface area contributed by atoms with Crippen LogP contribution in [0.4, 0.5) is 0 Å². The summed E-state index contributed by atoms with van der Waals surface area (Å²) in [7, 11) is 0. The van der Waals surface area contributed by atoms with Crippen molar-refractivity contribution < 1.29 is 4.79 Å². The molecule has 1 saturated heterocycles. The second-order valence-electron chi connectivity index (χ2n) is 5.12. The highest BCUT2D eigenvalue weighted by Gasteiger charge is 2.22. The third-order valence-corrected chi connectivity index (χ3v) is 3.64. The molecule has 1 amide bonds. The van der Waals surface area contributed by atoms with Gasteiger partial charge in [0.05, 0.1) is 5.69 Å². The number of imidazole rings is 1. The highest BCUT2D eigenvalue weighted by Crippen LogP contribution is 2.27. The third kappa shape index (κ3) is 2.26. The molecule has 3 rings (SSSR count). The lowest BCUT2D eigenvalue weighted by Gasteiger charge is -2.08. The van der Waals surface area contributed by atoms with Gasteiger partial charge >= 0.3 is 0 Å². The van der Waals surface area contributed by atoms with Gasteiger partial charge in [-0.3, -0.25) is 4.79 Å². The average Bonchev–Trinajstić information content (AvgIpc) is 2.96. The standard InChI is InChI=1S/C15H17N3O/c1-9-15(18-10(2)17-9)12-5-3-11(4-6-12)13-7-14(19)16-8-13/h3-6,13H,7-8H2,1-2H3,(H,16,19)(H,17,18). The summed E-state index contributed by atoms with van der Waals surface area (Å²) < 4.78 is 0. The van der Waals surface area contributed by atoms with Gasteiger partial charge in [-0.05, 0) is 19.4 Å². The Kier molecular flexibility index (Phi) is 2.85. The summed E-state index contributed by atoms with van der Waals surface area (Å²) in [6.45, 7) is 4.74.